The quantitative estimate of drug-likeness (QED) is 0.801. The van der Waals surface area contributed by atoms with Gasteiger partial charge in [-0.3, -0.25) is 4.79 Å². The van der Waals surface area contributed by atoms with E-state index in [1.54, 1.807) is 19.1 Å². The molecule has 3 rings (SSSR count). The fraction of sp³-hybridized carbons (Fsp3) is 0.333. The molecule has 2 N–H and O–H groups in total. The summed E-state index contributed by atoms with van der Waals surface area (Å²) in [6.45, 7) is 1.47. The zero-order valence-corrected chi connectivity index (χ0v) is 16.2. The van der Waals surface area contributed by atoms with Crippen molar-refractivity contribution >= 4 is 11.9 Å². The molecule has 7 heteroatoms. The van der Waals surface area contributed by atoms with Gasteiger partial charge in [0.1, 0.15) is 0 Å². The zero-order valence-electron chi connectivity index (χ0n) is 16.2. The first-order valence-corrected chi connectivity index (χ1v) is 9.18. The summed E-state index contributed by atoms with van der Waals surface area (Å²) in [6.07, 6.45) is 0.738. The molecule has 0 fully saturated rings. The molecular weight excluding hydrogens is 358 g/mol. The van der Waals surface area contributed by atoms with Crippen molar-refractivity contribution in [1.82, 2.24) is 15.5 Å². The number of carbonyl (C=O) groups excluding carboxylic acids is 2. The molecule has 0 atom stereocenters. The van der Waals surface area contributed by atoms with Crippen LogP contribution >= 0.6 is 0 Å². The highest BCUT2D eigenvalue weighted by atomic mass is 16.5. The van der Waals surface area contributed by atoms with Gasteiger partial charge >= 0.3 is 6.03 Å². The molecule has 0 unspecified atom stereocenters. The van der Waals surface area contributed by atoms with Crippen molar-refractivity contribution in [3.8, 4) is 11.5 Å². The Morgan fingerprint density at radius 1 is 1.00 bits per heavy atom. The molecular formula is C21H25N3O4. The maximum atomic E-state index is 12.5. The van der Waals surface area contributed by atoms with Gasteiger partial charge in [0.25, 0.3) is 0 Å². The number of hydrogen-bond acceptors (Lipinski definition) is 4. The van der Waals surface area contributed by atoms with Crippen LogP contribution in [0, 0.1) is 0 Å². The second-order valence-electron chi connectivity index (χ2n) is 6.56. The number of urea groups is 1. The Hall–Kier alpha value is -3.22. The molecule has 3 amide bonds. The average Bonchev–Trinajstić information content (AvgIpc) is 2.75. The van der Waals surface area contributed by atoms with E-state index in [1.165, 1.54) is 0 Å². The first-order chi connectivity index (χ1) is 13.6. The fourth-order valence-corrected chi connectivity index (χ4v) is 3.20. The minimum atomic E-state index is -0.360. The van der Waals surface area contributed by atoms with Crippen LogP contribution in [0.4, 0.5) is 4.79 Å². The van der Waals surface area contributed by atoms with Crippen LogP contribution in [0.15, 0.2) is 42.5 Å². The summed E-state index contributed by atoms with van der Waals surface area (Å²) in [5.74, 6) is 1.22. The van der Waals surface area contributed by atoms with Crippen LogP contribution in [0.5, 0.6) is 11.5 Å². The van der Waals surface area contributed by atoms with Crippen molar-refractivity contribution in [3.05, 3.63) is 59.2 Å². The number of amides is 3. The van der Waals surface area contributed by atoms with E-state index in [4.69, 9.17) is 9.47 Å². The van der Waals surface area contributed by atoms with E-state index in [0.29, 0.717) is 31.1 Å². The average molecular weight is 383 g/mol. The Labute approximate surface area is 164 Å². The summed E-state index contributed by atoms with van der Waals surface area (Å²) in [7, 11) is 3.20. The van der Waals surface area contributed by atoms with Gasteiger partial charge in [-0.05, 0) is 35.2 Å². The molecule has 28 heavy (non-hydrogen) atoms. The standard InChI is InChI=1S/C21H25N3O4/c1-27-18-10-16-8-9-24(14-17(16)11-19(18)28-2)20(25)13-23-21(26)22-12-15-6-4-3-5-7-15/h3-7,10-11H,8-9,12-14H2,1-2H3,(H2,22,23,26). The summed E-state index contributed by atoms with van der Waals surface area (Å²) >= 11 is 0. The first-order valence-electron chi connectivity index (χ1n) is 9.18. The molecule has 0 aliphatic carbocycles. The maximum absolute atomic E-state index is 12.5. The Morgan fingerprint density at radius 3 is 2.36 bits per heavy atom. The van der Waals surface area contributed by atoms with Gasteiger partial charge < -0.3 is 25.0 Å². The molecule has 1 aliphatic heterocycles. The summed E-state index contributed by atoms with van der Waals surface area (Å²) in [5.41, 5.74) is 3.18. The minimum Gasteiger partial charge on any atom is -0.493 e. The molecule has 7 nitrogen and oxygen atoms in total. The SMILES string of the molecule is COc1cc2c(cc1OC)CN(C(=O)CNC(=O)NCc1ccccc1)CC2. The van der Waals surface area contributed by atoms with Crippen molar-refractivity contribution < 1.29 is 19.1 Å². The van der Waals surface area contributed by atoms with Gasteiger partial charge in [0.15, 0.2) is 11.5 Å². The molecule has 2 aromatic rings. The van der Waals surface area contributed by atoms with E-state index in [9.17, 15) is 9.59 Å². The molecule has 0 spiro atoms. The van der Waals surface area contributed by atoms with E-state index in [2.05, 4.69) is 10.6 Å². The molecule has 0 saturated carbocycles. The zero-order chi connectivity index (χ0) is 19.9. The number of rotatable bonds is 6. The molecule has 148 valence electrons. The van der Waals surface area contributed by atoms with Crippen LogP contribution in [0.2, 0.25) is 0 Å². The largest absolute Gasteiger partial charge is 0.493 e. The lowest BCUT2D eigenvalue weighted by atomic mass is 9.98. The number of methoxy groups -OCH3 is 2. The fourth-order valence-electron chi connectivity index (χ4n) is 3.20. The lowest BCUT2D eigenvalue weighted by molar-refractivity contribution is -0.131. The normalized spacial score (nSPS) is 12.7. The number of fused-ring (bicyclic) bond motifs is 1. The second-order valence-corrected chi connectivity index (χ2v) is 6.56. The van der Waals surface area contributed by atoms with Crippen LogP contribution in [-0.2, 0) is 24.3 Å². The second kappa shape index (κ2) is 9.12. The Bertz CT molecular complexity index is 839. The van der Waals surface area contributed by atoms with Crippen LogP contribution < -0.4 is 20.1 Å². The van der Waals surface area contributed by atoms with Crippen molar-refractivity contribution in [2.75, 3.05) is 27.3 Å². The van der Waals surface area contributed by atoms with Crippen molar-refractivity contribution in [2.45, 2.75) is 19.5 Å². The minimum absolute atomic E-state index is 0.0384. The highest BCUT2D eigenvalue weighted by Gasteiger charge is 2.23. The van der Waals surface area contributed by atoms with Gasteiger partial charge in [-0.15, -0.1) is 0 Å². The van der Waals surface area contributed by atoms with Crippen molar-refractivity contribution in [3.63, 3.8) is 0 Å². The van der Waals surface area contributed by atoms with E-state index in [-0.39, 0.29) is 18.5 Å². The molecule has 0 saturated heterocycles. The van der Waals surface area contributed by atoms with Crippen molar-refractivity contribution in [1.29, 1.82) is 0 Å². The van der Waals surface area contributed by atoms with Gasteiger partial charge in [-0.2, -0.15) is 0 Å². The Morgan fingerprint density at radius 2 is 1.68 bits per heavy atom. The predicted octanol–water partition coefficient (Wildman–Crippen LogP) is 2.09. The monoisotopic (exact) mass is 383 g/mol. The topological polar surface area (TPSA) is 79.9 Å². The number of benzene rings is 2. The van der Waals surface area contributed by atoms with E-state index in [0.717, 1.165) is 23.1 Å². The summed E-state index contributed by atoms with van der Waals surface area (Å²) in [5, 5.41) is 5.38. The predicted molar refractivity (Wildman–Crippen MR) is 105 cm³/mol. The van der Waals surface area contributed by atoms with E-state index < -0.39 is 0 Å². The van der Waals surface area contributed by atoms with Gasteiger partial charge in [0.05, 0.1) is 20.8 Å². The number of carbonyl (C=O) groups is 2. The van der Waals surface area contributed by atoms with Gasteiger partial charge in [0.2, 0.25) is 5.91 Å². The van der Waals surface area contributed by atoms with Crippen LogP contribution in [-0.4, -0.2) is 44.1 Å². The third-order valence-corrected chi connectivity index (χ3v) is 4.77. The lowest BCUT2D eigenvalue weighted by Crippen LogP contribution is -2.45. The van der Waals surface area contributed by atoms with Gasteiger partial charge in [0, 0.05) is 19.6 Å². The molecule has 1 aliphatic rings. The molecule has 0 bridgehead atoms. The third kappa shape index (κ3) is 4.73. The summed E-state index contributed by atoms with van der Waals surface area (Å²) < 4.78 is 10.7. The molecule has 0 radical (unpaired) electrons. The Kier molecular flexibility index (Phi) is 6.37. The van der Waals surface area contributed by atoms with E-state index in [1.807, 2.05) is 42.5 Å². The lowest BCUT2D eigenvalue weighted by Gasteiger charge is -2.29. The third-order valence-electron chi connectivity index (χ3n) is 4.77. The van der Waals surface area contributed by atoms with Crippen LogP contribution in [0.1, 0.15) is 16.7 Å². The van der Waals surface area contributed by atoms with Crippen LogP contribution in [0.25, 0.3) is 0 Å². The van der Waals surface area contributed by atoms with E-state index >= 15 is 0 Å². The summed E-state index contributed by atoms with van der Waals surface area (Å²) in [6, 6.07) is 13.1. The molecule has 1 heterocycles. The maximum Gasteiger partial charge on any atom is 0.315 e. The molecule has 2 aromatic carbocycles. The van der Waals surface area contributed by atoms with Gasteiger partial charge in [-0.1, -0.05) is 30.3 Å². The number of nitrogens with zero attached hydrogens (tertiary/aromatic N) is 1. The van der Waals surface area contributed by atoms with Gasteiger partial charge in [-0.25, -0.2) is 4.79 Å². The van der Waals surface area contributed by atoms with Crippen LogP contribution in [0.3, 0.4) is 0 Å². The highest BCUT2D eigenvalue weighted by Crippen LogP contribution is 2.33. The number of nitrogens with one attached hydrogen (secondary N) is 2. The highest BCUT2D eigenvalue weighted by molar-refractivity contribution is 5.84. The number of ether oxygens (including phenoxy) is 2. The Balaban J connectivity index is 1.51. The smallest absolute Gasteiger partial charge is 0.315 e. The number of hydrogen-bond donors (Lipinski definition) is 2. The van der Waals surface area contributed by atoms with Crippen molar-refractivity contribution in [2.24, 2.45) is 0 Å². The molecule has 0 aromatic heterocycles. The summed E-state index contributed by atoms with van der Waals surface area (Å²) in [4.78, 5) is 26.2. The first kappa shape index (κ1) is 19.5.